The van der Waals surface area contributed by atoms with Crippen molar-refractivity contribution in [3.8, 4) is 0 Å². The van der Waals surface area contributed by atoms with Crippen molar-refractivity contribution < 1.29 is 14.9 Å². The third-order valence-electron chi connectivity index (χ3n) is 6.22. The minimum atomic E-state index is -0.942. The molecule has 0 bridgehead atoms. The number of anilines is 1. The first-order chi connectivity index (χ1) is 11.9. The van der Waals surface area contributed by atoms with Gasteiger partial charge in [-0.05, 0) is 44.7 Å². The zero-order valence-corrected chi connectivity index (χ0v) is 15.1. The molecule has 138 valence electrons. The molecule has 6 heteroatoms. The molecule has 1 aromatic rings. The van der Waals surface area contributed by atoms with Crippen molar-refractivity contribution in [3.05, 3.63) is 24.4 Å². The van der Waals surface area contributed by atoms with Crippen LogP contribution in [0.15, 0.2) is 24.4 Å². The van der Waals surface area contributed by atoms with Crippen molar-refractivity contribution in [1.29, 1.82) is 0 Å². The molecule has 25 heavy (non-hydrogen) atoms. The quantitative estimate of drug-likeness (QED) is 0.828. The summed E-state index contributed by atoms with van der Waals surface area (Å²) in [5, 5.41) is 22.1. The summed E-state index contributed by atoms with van der Waals surface area (Å²) < 4.78 is 5.93. The average Bonchev–Trinajstić information content (AvgIpc) is 2.85. The van der Waals surface area contributed by atoms with E-state index in [1.807, 2.05) is 24.4 Å². The zero-order chi connectivity index (χ0) is 17.7. The monoisotopic (exact) mass is 347 g/mol. The van der Waals surface area contributed by atoms with Gasteiger partial charge in [0.15, 0.2) is 0 Å². The van der Waals surface area contributed by atoms with E-state index in [-0.39, 0.29) is 17.6 Å². The van der Waals surface area contributed by atoms with Crippen LogP contribution in [0.2, 0.25) is 0 Å². The Bertz CT molecular complexity index is 603. The molecule has 3 heterocycles. The fraction of sp³-hybridized carbons (Fsp3) is 0.737. The number of pyridine rings is 1. The van der Waals surface area contributed by atoms with Gasteiger partial charge in [-0.2, -0.15) is 0 Å². The standard InChI is InChI=1S/C19H29N3O3/c1-18(2)12-14-11-15(23)17(19(14,24)13-25-18)22-9-7-21(8-10-22)16-5-3-4-6-20-16/h3-6,14-15,17,23-24H,7-13H2,1-2H3/t14-,15-,17+,19+/m1/s1. The van der Waals surface area contributed by atoms with Crippen LogP contribution >= 0.6 is 0 Å². The number of rotatable bonds is 2. The van der Waals surface area contributed by atoms with Crippen LogP contribution in [0.5, 0.6) is 0 Å². The van der Waals surface area contributed by atoms with Gasteiger partial charge in [0, 0.05) is 32.4 Å². The molecular weight excluding hydrogens is 318 g/mol. The predicted molar refractivity (Wildman–Crippen MR) is 95.5 cm³/mol. The summed E-state index contributed by atoms with van der Waals surface area (Å²) in [6.07, 6.45) is 2.78. The molecule has 4 atom stereocenters. The molecular formula is C19H29N3O3. The highest BCUT2D eigenvalue weighted by atomic mass is 16.5. The van der Waals surface area contributed by atoms with E-state index >= 15 is 0 Å². The zero-order valence-electron chi connectivity index (χ0n) is 15.1. The number of ether oxygens (including phenoxy) is 1. The summed E-state index contributed by atoms with van der Waals surface area (Å²) in [5.41, 5.74) is -1.16. The predicted octanol–water partition coefficient (Wildman–Crippen LogP) is 0.883. The van der Waals surface area contributed by atoms with Gasteiger partial charge in [0.2, 0.25) is 0 Å². The van der Waals surface area contributed by atoms with Crippen LogP contribution in [0, 0.1) is 5.92 Å². The van der Waals surface area contributed by atoms with E-state index < -0.39 is 11.7 Å². The first-order valence-electron chi connectivity index (χ1n) is 9.33. The van der Waals surface area contributed by atoms with Gasteiger partial charge in [0.25, 0.3) is 0 Å². The van der Waals surface area contributed by atoms with Crippen LogP contribution in [0.1, 0.15) is 26.7 Å². The Morgan fingerprint density at radius 3 is 2.64 bits per heavy atom. The summed E-state index contributed by atoms with van der Waals surface area (Å²) in [5.74, 6) is 1.10. The Labute approximate surface area is 149 Å². The fourth-order valence-corrected chi connectivity index (χ4v) is 4.96. The maximum absolute atomic E-state index is 11.4. The van der Waals surface area contributed by atoms with Crippen molar-refractivity contribution >= 4 is 5.82 Å². The molecule has 0 spiro atoms. The van der Waals surface area contributed by atoms with Gasteiger partial charge in [-0.15, -0.1) is 0 Å². The summed E-state index contributed by atoms with van der Waals surface area (Å²) >= 11 is 0. The number of piperazine rings is 1. The van der Waals surface area contributed by atoms with E-state index in [0.29, 0.717) is 13.0 Å². The van der Waals surface area contributed by atoms with E-state index in [0.717, 1.165) is 38.4 Å². The molecule has 6 nitrogen and oxygen atoms in total. The maximum Gasteiger partial charge on any atom is 0.128 e. The number of aliphatic hydroxyl groups is 2. The van der Waals surface area contributed by atoms with E-state index in [1.54, 1.807) is 0 Å². The Kier molecular flexibility index (Phi) is 4.27. The van der Waals surface area contributed by atoms with Gasteiger partial charge in [-0.1, -0.05) is 6.07 Å². The fourth-order valence-electron chi connectivity index (χ4n) is 4.96. The average molecular weight is 347 g/mol. The van der Waals surface area contributed by atoms with Crippen LogP contribution in [0.4, 0.5) is 5.82 Å². The number of hydrogen-bond donors (Lipinski definition) is 2. The lowest BCUT2D eigenvalue weighted by Crippen LogP contribution is -2.64. The molecule has 0 unspecified atom stereocenters. The van der Waals surface area contributed by atoms with Crippen LogP contribution in [-0.2, 0) is 4.74 Å². The molecule has 2 saturated heterocycles. The van der Waals surface area contributed by atoms with Crippen LogP contribution in [0.25, 0.3) is 0 Å². The van der Waals surface area contributed by atoms with Gasteiger partial charge in [0.05, 0.1) is 24.4 Å². The maximum atomic E-state index is 11.4. The first-order valence-corrected chi connectivity index (χ1v) is 9.33. The SMILES string of the molecule is CC1(C)C[C@H]2C[C@@H](O)[C@H](N3CCN(c4ccccn4)CC3)[C@]2(O)CO1. The van der Waals surface area contributed by atoms with Crippen molar-refractivity contribution in [2.24, 2.45) is 5.92 Å². The topological polar surface area (TPSA) is 69.1 Å². The van der Waals surface area contributed by atoms with E-state index in [4.69, 9.17) is 4.74 Å². The molecule has 1 saturated carbocycles. The van der Waals surface area contributed by atoms with E-state index in [2.05, 4.69) is 28.6 Å². The Hall–Kier alpha value is -1.21. The summed E-state index contributed by atoms with van der Waals surface area (Å²) in [7, 11) is 0. The Morgan fingerprint density at radius 2 is 1.96 bits per heavy atom. The number of hydrogen-bond acceptors (Lipinski definition) is 6. The molecule has 1 aliphatic carbocycles. The lowest BCUT2D eigenvalue weighted by molar-refractivity contribution is -0.198. The molecule has 0 radical (unpaired) electrons. The van der Waals surface area contributed by atoms with E-state index in [9.17, 15) is 10.2 Å². The highest BCUT2D eigenvalue weighted by Crippen LogP contribution is 2.47. The van der Waals surface area contributed by atoms with Crippen LogP contribution in [-0.4, -0.2) is 76.2 Å². The van der Waals surface area contributed by atoms with Crippen LogP contribution in [0.3, 0.4) is 0 Å². The van der Waals surface area contributed by atoms with Crippen molar-refractivity contribution in [2.45, 2.75) is 50.0 Å². The number of fused-ring (bicyclic) bond motifs is 1. The lowest BCUT2D eigenvalue weighted by Gasteiger charge is -2.49. The van der Waals surface area contributed by atoms with Gasteiger partial charge in [-0.25, -0.2) is 4.98 Å². The first kappa shape index (κ1) is 17.2. The van der Waals surface area contributed by atoms with Crippen LogP contribution < -0.4 is 4.90 Å². The molecule has 2 aliphatic heterocycles. The minimum Gasteiger partial charge on any atom is -0.391 e. The van der Waals surface area contributed by atoms with Gasteiger partial charge >= 0.3 is 0 Å². The molecule has 2 N–H and O–H groups in total. The molecule has 3 aliphatic rings. The number of nitrogens with zero attached hydrogens (tertiary/aromatic N) is 3. The minimum absolute atomic E-state index is 0.102. The normalized spacial score (nSPS) is 38.6. The molecule has 4 rings (SSSR count). The van der Waals surface area contributed by atoms with Gasteiger partial charge < -0.3 is 19.8 Å². The van der Waals surface area contributed by atoms with Crippen molar-refractivity contribution in [3.63, 3.8) is 0 Å². The summed E-state index contributed by atoms with van der Waals surface area (Å²) in [6, 6.07) is 5.72. The molecule has 0 amide bonds. The molecule has 3 fully saturated rings. The summed E-state index contributed by atoms with van der Waals surface area (Å²) in [4.78, 5) is 8.94. The number of aromatic nitrogens is 1. The highest BCUT2D eigenvalue weighted by Gasteiger charge is 2.59. The molecule has 0 aromatic carbocycles. The summed E-state index contributed by atoms with van der Waals surface area (Å²) in [6.45, 7) is 7.79. The second kappa shape index (κ2) is 6.20. The Balaban J connectivity index is 1.46. The third kappa shape index (κ3) is 3.05. The Morgan fingerprint density at radius 1 is 1.20 bits per heavy atom. The van der Waals surface area contributed by atoms with Crippen molar-refractivity contribution in [2.75, 3.05) is 37.7 Å². The number of aliphatic hydroxyl groups excluding tert-OH is 1. The molecule has 1 aromatic heterocycles. The van der Waals surface area contributed by atoms with E-state index in [1.165, 1.54) is 0 Å². The second-order valence-electron chi connectivity index (χ2n) is 8.40. The van der Waals surface area contributed by atoms with Gasteiger partial charge in [0.1, 0.15) is 11.4 Å². The highest BCUT2D eigenvalue weighted by molar-refractivity contribution is 5.38. The lowest BCUT2D eigenvalue weighted by atomic mass is 9.78. The largest absolute Gasteiger partial charge is 0.391 e. The third-order valence-corrected chi connectivity index (χ3v) is 6.22. The second-order valence-corrected chi connectivity index (χ2v) is 8.40. The van der Waals surface area contributed by atoms with Crippen molar-refractivity contribution in [1.82, 2.24) is 9.88 Å². The van der Waals surface area contributed by atoms with Gasteiger partial charge in [-0.3, -0.25) is 4.90 Å². The smallest absolute Gasteiger partial charge is 0.128 e.